The average molecular weight is 363 g/mol. The van der Waals surface area contributed by atoms with Crippen LogP contribution in [0.1, 0.15) is 24.6 Å². The molecule has 0 spiro atoms. The highest BCUT2D eigenvalue weighted by Gasteiger charge is 2.07. The van der Waals surface area contributed by atoms with Gasteiger partial charge in [0.1, 0.15) is 0 Å². The van der Waals surface area contributed by atoms with Crippen LogP contribution >= 0.6 is 27.3 Å². The molecule has 7 heteroatoms. The lowest BCUT2D eigenvalue weighted by Crippen LogP contribution is -2.38. The fraction of sp³-hybridized carbons (Fsp3) is 0.538. The van der Waals surface area contributed by atoms with Gasteiger partial charge in [-0.25, -0.2) is 4.79 Å². The Morgan fingerprint density at radius 2 is 2.15 bits per heavy atom. The molecule has 5 nitrogen and oxygen atoms in total. The van der Waals surface area contributed by atoms with Gasteiger partial charge in [0.25, 0.3) is 0 Å². The summed E-state index contributed by atoms with van der Waals surface area (Å²) in [5.74, 6) is -0.645. The summed E-state index contributed by atoms with van der Waals surface area (Å²) in [6.07, 6.45) is 1.51. The van der Waals surface area contributed by atoms with Crippen LogP contribution in [0.4, 0.5) is 4.79 Å². The van der Waals surface area contributed by atoms with Gasteiger partial charge in [-0.2, -0.15) is 0 Å². The first-order valence-corrected chi connectivity index (χ1v) is 8.06. The van der Waals surface area contributed by atoms with Crippen LogP contribution < -0.4 is 10.6 Å². The van der Waals surface area contributed by atoms with Gasteiger partial charge in [0.05, 0.1) is 3.79 Å². The third-order valence-corrected chi connectivity index (χ3v) is 4.43. The quantitative estimate of drug-likeness (QED) is 0.665. The molecule has 0 bridgehead atoms. The van der Waals surface area contributed by atoms with Crippen molar-refractivity contribution in [2.75, 3.05) is 13.1 Å². The molecule has 1 unspecified atom stereocenters. The third-order valence-electron chi connectivity index (χ3n) is 2.75. The molecule has 0 aliphatic rings. The number of carboxylic acids is 1. The van der Waals surface area contributed by atoms with E-state index in [2.05, 4.69) is 26.6 Å². The van der Waals surface area contributed by atoms with Crippen LogP contribution in [-0.4, -0.2) is 30.2 Å². The summed E-state index contributed by atoms with van der Waals surface area (Å²) in [6, 6.07) is 3.81. The third kappa shape index (κ3) is 7.49. The molecule has 0 saturated carbocycles. The summed E-state index contributed by atoms with van der Waals surface area (Å²) in [5.41, 5.74) is 0. The predicted octanol–water partition coefficient (Wildman–Crippen LogP) is 2.85. The standard InChI is InChI=1S/C13H19BrN2O3S/c1-9(2-5-12(17)18)8-16-13(19)15-7-6-10-3-4-11(14)20-10/h3-4,9H,2,5-8H2,1H3,(H,17,18)(H2,15,16,19). The molecule has 1 heterocycles. The topological polar surface area (TPSA) is 78.4 Å². The molecule has 20 heavy (non-hydrogen) atoms. The van der Waals surface area contributed by atoms with Crippen molar-refractivity contribution >= 4 is 39.3 Å². The highest BCUT2D eigenvalue weighted by atomic mass is 79.9. The number of hydrogen-bond acceptors (Lipinski definition) is 3. The smallest absolute Gasteiger partial charge is 0.314 e. The summed E-state index contributed by atoms with van der Waals surface area (Å²) < 4.78 is 1.09. The number of aliphatic carboxylic acids is 1. The second-order valence-corrected chi connectivity index (χ2v) is 7.18. The molecular weight excluding hydrogens is 344 g/mol. The number of thiophene rings is 1. The first kappa shape index (κ1) is 17.0. The zero-order valence-electron chi connectivity index (χ0n) is 11.3. The van der Waals surface area contributed by atoms with E-state index in [9.17, 15) is 9.59 Å². The Labute approximate surface area is 130 Å². The number of carbonyl (C=O) groups excluding carboxylic acids is 1. The minimum absolute atomic E-state index is 0.137. The number of urea groups is 1. The van der Waals surface area contributed by atoms with Gasteiger partial charge in [0.15, 0.2) is 0 Å². The van der Waals surface area contributed by atoms with Crippen molar-refractivity contribution in [2.24, 2.45) is 5.92 Å². The molecule has 1 rings (SSSR count). The van der Waals surface area contributed by atoms with E-state index < -0.39 is 5.97 Å². The molecule has 1 aromatic heterocycles. The van der Waals surface area contributed by atoms with Gasteiger partial charge >= 0.3 is 12.0 Å². The number of halogens is 1. The molecule has 0 radical (unpaired) electrons. The largest absolute Gasteiger partial charge is 0.481 e. The van der Waals surface area contributed by atoms with Gasteiger partial charge in [0.2, 0.25) is 0 Å². The molecule has 112 valence electrons. The second-order valence-electron chi connectivity index (χ2n) is 4.63. The zero-order chi connectivity index (χ0) is 15.0. The van der Waals surface area contributed by atoms with E-state index in [1.165, 1.54) is 4.88 Å². The Balaban J connectivity index is 2.09. The molecule has 2 amide bonds. The highest BCUT2D eigenvalue weighted by Crippen LogP contribution is 2.21. The molecule has 3 N–H and O–H groups in total. The van der Waals surface area contributed by atoms with Gasteiger partial charge in [-0.05, 0) is 46.8 Å². The maximum absolute atomic E-state index is 11.5. The lowest BCUT2D eigenvalue weighted by Gasteiger charge is -2.12. The Morgan fingerprint density at radius 3 is 2.75 bits per heavy atom. The van der Waals surface area contributed by atoms with Gasteiger partial charge in [0, 0.05) is 24.4 Å². The highest BCUT2D eigenvalue weighted by molar-refractivity contribution is 9.11. The monoisotopic (exact) mass is 362 g/mol. The number of hydrogen-bond donors (Lipinski definition) is 3. The number of nitrogens with one attached hydrogen (secondary N) is 2. The summed E-state index contributed by atoms with van der Waals surface area (Å²) in [7, 11) is 0. The lowest BCUT2D eigenvalue weighted by molar-refractivity contribution is -0.137. The summed E-state index contributed by atoms with van der Waals surface area (Å²) in [5, 5.41) is 14.1. The molecule has 0 saturated heterocycles. The normalized spacial score (nSPS) is 11.9. The SMILES string of the molecule is CC(CCC(=O)O)CNC(=O)NCCc1ccc(Br)s1. The molecule has 0 fully saturated rings. The maximum Gasteiger partial charge on any atom is 0.314 e. The van der Waals surface area contributed by atoms with Crippen LogP contribution in [0.3, 0.4) is 0 Å². The van der Waals surface area contributed by atoms with E-state index in [4.69, 9.17) is 5.11 Å². The Morgan fingerprint density at radius 1 is 1.40 bits per heavy atom. The number of amides is 2. The Bertz CT molecular complexity index is 451. The van der Waals surface area contributed by atoms with Crippen molar-refractivity contribution in [2.45, 2.75) is 26.2 Å². The lowest BCUT2D eigenvalue weighted by atomic mass is 10.1. The van der Waals surface area contributed by atoms with Crippen LogP contribution in [-0.2, 0) is 11.2 Å². The molecule has 1 aromatic rings. The van der Waals surface area contributed by atoms with Crippen molar-refractivity contribution in [1.29, 1.82) is 0 Å². The first-order valence-electron chi connectivity index (χ1n) is 6.45. The van der Waals surface area contributed by atoms with Crippen LogP contribution in [0.2, 0.25) is 0 Å². The molecule has 0 aliphatic heterocycles. The molecule has 0 aliphatic carbocycles. The predicted molar refractivity (Wildman–Crippen MR) is 83.2 cm³/mol. The summed E-state index contributed by atoms with van der Waals surface area (Å²) >= 11 is 5.05. The maximum atomic E-state index is 11.5. The average Bonchev–Trinajstić information content (AvgIpc) is 2.79. The first-order chi connectivity index (χ1) is 9.47. The second kappa shape index (κ2) is 8.97. The minimum atomic E-state index is -0.802. The van der Waals surface area contributed by atoms with Gasteiger partial charge in [-0.1, -0.05) is 6.92 Å². The van der Waals surface area contributed by atoms with Gasteiger partial charge < -0.3 is 15.7 Å². The van der Waals surface area contributed by atoms with E-state index in [1.54, 1.807) is 11.3 Å². The van der Waals surface area contributed by atoms with Crippen molar-refractivity contribution in [3.63, 3.8) is 0 Å². The molecular formula is C13H19BrN2O3S. The van der Waals surface area contributed by atoms with E-state index in [0.717, 1.165) is 10.2 Å². The molecule has 0 aromatic carbocycles. The van der Waals surface area contributed by atoms with Crippen molar-refractivity contribution < 1.29 is 14.7 Å². The van der Waals surface area contributed by atoms with E-state index >= 15 is 0 Å². The number of carbonyl (C=O) groups is 2. The van der Waals surface area contributed by atoms with Crippen LogP contribution in [0.25, 0.3) is 0 Å². The van der Waals surface area contributed by atoms with E-state index in [0.29, 0.717) is 19.5 Å². The van der Waals surface area contributed by atoms with Crippen LogP contribution in [0.15, 0.2) is 15.9 Å². The van der Waals surface area contributed by atoms with Crippen molar-refractivity contribution in [1.82, 2.24) is 10.6 Å². The number of rotatable bonds is 8. The summed E-state index contributed by atoms with van der Waals surface area (Å²) in [6.45, 7) is 3.00. The summed E-state index contributed by atoms with van der Waals surface area (Å²) in [4.78, 5) is 23.2. The van der Waals surface area contributed by atoms with E-state index in [-0.39, 0.29) is 18.4 Å². The molecule has 1 atom stereocenters. The van der Waals surface area contributed by atoms with Gasteiger partial charge in [-0.3, -0.25) is 4.79 Å². The fourth-order valence-electron chi connectivity index (χ4n) is 1.59. The fourth-order valence-corrected chi connectivity index (χ4v) is 3.07. The van der Waals surface area contributed by atoms with Crippen LogP contribution in [0.5, 0.6) is 0 Å². The van der Waals surface area contributed by atoms with Crippen LogP contribution in [0, 0.1) is 5.92 Å². The van der Waals surface area contributed by atoms with E-state index in [1.807, 2.05) is 19.1 Å². The Hall–Kier alpha value is -1.08. The van der Waals surface area contributed by atoms with Gasteiger partial charge in [-0.15, -0.1) is 11.3 Å². The minimum Gasteiger partial charge on any atom is -0.481 e. The zero-order valence-corrected chi connectivity index (χ0v) is 13.7. The Kier molecular flexibility index (Phi) is 7.61. The van der Waals surface area contributed by atoms with Crippen molar-refractivity contribution in [3.05, 3.63) is 20.8 Å². The van der Waals surface area contributed by atoms with Crippen molar-refractivity contribution in [3.8, 4) is 0 Å². The number of carboxylic acid groups (broad SMARTS) is 1.